The van der Waals surface area contributed by atoms with Crippen molar-refractivity contribution in [3.8, 4) is 0 Å². The number of rotatable bonds is 11. The van der Waals surface area contributed by atoms with Crippen LogP contribution in [0.1, 0.15) is 46.3 Å². The Morgan fingerprint density at radius 3 is 1.51 bits per heavy atom. The Balaban J connectivity index is 0. The molecule has 0 amide bonds. The first-order valence-corrected chi connectivity index (χ1v) is 22.6. The van der Waals surface area contributed by atoms with Gasteiger partial charge in [0, 0.05) is 69.4 Å². The number of carboxylic acids is 1. The van der Waals surface area contributed by atoms with Crippen molar-refractivity contribution in [3.05, 3.63) is 169 Å². The van der Waals surface area contributed by atoms with E-state index in [0.717, 1.165) is 21.6 Å². The summed E-state index contributed by atoms with van der Waals surface area (Å²) in [5.41, 5.74) is 1.05. The number of nitrogens with zero attached hydrogens (tertiary/aromatic N) is 2. The summed E-state index contributed by atoms with van der Waals surface area (Å²) in [6.45, 7) is 15.5. The second-order valence-electron chi connectivity index (χ2n) is 12.1. The average Bonchev–Trinajstić information content (AvgIpc) is 3.26. The Morgan fingerprint density at radius 1 is 0.723 bits per heavy atom. The van der Waals surface area contributed by atoms with E-state index in [2.05, 4.69) is 113 Å². The molecule has 0 unspecified atom stereocenters. The summed E-state index contributed by atoms with van der Waals surface area (Å²) < 4.78 is 16.1. The van der Waals surface area contributed by atoms with Crippen LogP contribution in [0.3, 0.4) is 0 Å². The number of aromatic amines is 1. The predicted octanol–water partition coefficient (Wildman–Crippen LogP) is 1.89. The van der Waals surface area contributed by atoms with Crippen LogP contribution in [0.25, 0.3) is 32.7 Å². The second kappa shape index (κ2) is 33.7. The molecule has 3 aromatic carbocycles. The molecule has 0 radical (unpaired) electrons. The summed E-state index contributed by atoms with van der Waals surface area (Å²) in [4.78, 5) is 85.2. The molecule has 0 bridgehead atoms. The summed E-state index contributed by atoms with van der Waals surface area (Å²) in [5.74, 6) is -2.39. The fraction of sp³-hybridized carbons (Fsp3) is 0.159. The monoisotopic (exact) mass is 1340 g/mol. The third-order valence-electron chi connectivity index (χ3n) is 7.95. The first kappa shape index (κ1) is 63.3. The van der Waals surface area contributed by atoms with Crippen molar-refractivity contribution in [2.24, 2.45) is 0 Å². The van der Waals surface area contributed by atoms with Gasteiger partial charge in [0.05, 0.1) is 24.2 Å². The Bertz CT molecular complexity index is 2810. The third-order valence-corrected chi connectivity index (χ3v) is 10.4. The molecule has 2 N–H and O–H groups in total. The van der Waals surface area contributed by atoms with Crippen LogP contribution in [0, 0.1) is 10.7 Å². The number of hydrogen-bond donors (Lipinski definition) is 2. The molecule has 0 atom stereocenters. The van der Waals surface area contributed by atoms with Gasteiger partial charge in [-0.15, -0.1) is 19.7 Å². The van der Waals surface area contributed by atoms with Gasteiger partial charge in [-0.25, -0.2) is 14.4 Å². The standard InChI is InChI=1S/C15H14INO3.C13H10INO3.C12H10INO3.C3H5Br.CH2O3.2K.H/c1-3-7-17-9-12(15(19)20-4-2)14(18)11-8-10(16)5-6-13(11)17;1-2-5-15-7-10(13(17)18)12(16)9-6-8(14)3-4-11(9)15;1-2-17-12(16)9-6-14-10-4-3-7(13)5-8(10)11(9)15;1-2-3-4;2-1-4-3;;;/h3,5-6,8-9H,1,4,7H2,2H3;2-4,6-7H,1,5H2,(H,17,18);3-6H,2H2,1H3,(H,14,15);2H,1,3H2;1,3H;;;/q;;;;;2*+1;-1/p-1. The van der Waals surface area contributed by atoms with E-state index in [-0.39, 0.29) is 151 Å². The van der Waals surface area contributed by atoms with E-state index in [1.54, 1.807) is 54.8 Å². The molecular formula is C44H41BrI3K2N3O12. The summed E-state index contributed by atoms with van der Waals surface area (Å²) in [6.07, 6.45) is 9.47. The first-order chi connectivity index (χ1) is 30.1. The Hall–Kier alpha value is -1.71. The average molecular weight is 1340 g/mol. The topological polar surface area (TPSA) is 216 Å². The smallest absolute Gasteiger partial charge is 1.00 e. The largest absolute Gasteiger partial charge is 1.00 e. The second-order valence-corrected chi connectivity index (χ2v) is 16.4. The number of alkyl halides is 1. The van der Waals surface area contributed by atoms with Gasteiger partial charge in [-0.3, -0.25) is 19.2 Å². The van der Waals surface area contributed by atoms with Crippen molar-refractivity contribution in [1.29, 1.82) is 0 Å². The van der Waals surface area contributed by atoms with Crippen LogP contribution >= 0.6 is 83.7 Å². The molecule has 0 saturated carbocycles. The van der Waals surface area contributed by atoms with E-state index in [9.17, 15) is 28.8 Å². The zero-order valence-corrected chi connectivity index (χ0v) is 50.0. The van der Waals surface area contributed by atoms with Gasteiger partial charge >= 0.3 is 121 Å². The molecule has 6 rings (SSSR count). The van der Waals surface area contributed by atoms with Gasteiger partial charge in [-0.1, -0.05) is 34.2 Å². The molecule has 6 aromatic rings. The number of aromatic nitrogens is 3. The maximum absolute atomic E-state index is 12.4. The molecule has 0 saturated heterocycles. The Kier molecular flexibility index (Phi) is 32.8. The van der Waals surface area contributed by atoms with Crippen molar-refractivity contribution >= 4 is 141 Å². The van der Waals surface area contributed by atoms with Gasteiger partial charge in [0.1, 0.15) is 16.7 Å². The number of H-pyrrole nitrogens is 1. The van der Waals surface area contributed by atoms with Crippen LogP contribution in [-0.2, 0) is 32.2 Å². The fourth-order valence-corrected chi connectivity index (χ4v) is 6.85. The fourth-order valence-electron chi connectivity index (χ4n) is 5.38. The number of carboxylic acid groups (broad SMARTS) is 1. The quantitative estimate of drug-likeness (QED) is 0.0278. The molecule has 0 spiro atoms. The number of nitrogens with one attached hydrogen (secondary N) is 1. The molecule has 0 fully saturated rings. The minimum absolute atomic E-state index is 0. The van der Waals surface area contributed by atoms with Crippen molar-refractivity contribution < 1.29 is 148 Å². The Labute approximate surface area is 509 Å². The molecule has 15 nitrogen and oxygen atoms in total. The van der Waals surface area contributed by atoms with Crippen LogP contribution in [0.15, 0.2) is 126 Å². The molecule has 334 valence electrons. The van der Waals surface area contributed by atoms with E-state index < -0.39 is 23.3 Å². The maximum atomic E-state index is 12.4. The molecule has 0 aliphatic carbocycles. The molecule has 21 heteroatoms. The number of esters is 2. The van der Waals surface area contributed by atoms with Gasteiger partial charge in [-0.05, 0) is 136 Å². The number of pyridine rings is 3. The molecular weight excluding hydrogens is 1300 g/mol. The van der Waals surface area contributed by atoms with Crippen LogP contribution in [-0.4, -0.2) is 62.1 Å². The normalized spacial score (nSPS) is 9.58. The van der Waals surface area contributed by atoms with E-state index in [0.29, 0.717) is 40.3 Å². The summed E-state index contributed by atoms with van der Waals surface area (Å²) in [7, 11) is 0. The molecule has 0 aliphatic rings. The van der Waals surface area contributed by atoms with Crippen LogP contribution in [0.5, 0.6) is 0 Å². The van der Waals surface area contributed by atoms with Crippen LogP contribution in [0.4, 0.5) is 0 Å². The maximum Gasteiger partial charge on any atom is 1.00 e. The van der Waals surface area contributed by atoms with Gasteiger partial charge in [0.15, 0.2) is 0 Å². The summed E-state index contributed by atoms with van der Waals surface area (Å²) >= 11 is 9.48. The summed E-state index contributed by atoms with van der Waals surface area (Å²) in [6, 6.07) is 16.4. The van der Waals surface area contributed by atoms with Crippen LogP contribution < -0.4 is 124 Å². The number of benzene rings is 3. The van der Waals surface area contributed by atoms with E-state index in [4.69, 9.17) is 24.6 Å². The van der Waals surface area contributed by atoms with E-state index in [1.165, 1.54) is 18.6 Å². The zero-order valence-electron chi connectivity index (χ0n) is 36.7. The summed E-state index contributed by atoms with van der Waals surface area (Å²) in [5, 5.41) is 19.8. The van der Waals surface area contributed by atoms with Crippen LogP contribution in [0.2, 0.25) is 0 Å². The number of halogens is 4. The van der Waals surface area contributed by atoms with Gasteiger partial charge in [0.25, 0.3) is 6.47 Å². The van der Waals surface area contributed by atoms with Gasteiger partial charge in [0.2, 0.25) is 16.3 Å². The van der Waals surface area contributed by atoms with Gasteiger partial charge < -0.3 is 40.3 Å². The Morgan fingerprint density at radius 2 is 1.11 bits per heavy atom. The minimum atomic E-state index is -1.21. The van der Waals surface area contributed by atoms with Crippen molar-refractivity contribution in [3.63, 3.8) is 0 Å². The number of carbonyl (C=O) groups excluding carboxylic acids is 3. The van der Waals surface area contributed by atoms with Crippen molar-refractivity contribution in [1.82, 2.24) is 14.1 Å². The van der Waals surface area contributed by atoms with Crippen molar-refractivity contribution in [2.75, 3.05) is 18.5 Å². The number of carbonyl (C=O) groups is 4. The number of aromatic carboxylic acids is 1. The van der Waals surface area contributed by atoms with E-state index >= 15 is 0 Å². The molecule has 3 heterocycles. The van der Waals surface area contributed by atoms with Crippen molar-refractivity contribution in [2.45, 2.75) is 26.9 Å². The van der Waals surface area contributed by atoms with E-state index in [1.807, 2.05) is 41.0 Å². The SMILES string of the molecule is C=CCBr.C=CCn1cc(C(=O)O)c(=O)c2cc(I)ccc21.C=CCn1cc(C(=O)OCC)c(=O)c2cc(I)ccc21.CCOC(=O)c1c[nH]c2ccc(I)cc2c1=O.O=CO[O-].[H-].[K+].[K+]. The zero-order chi connectivity index (χ0) is 47.2. The number of hydrogen-bond acceptors (Lipinski definition) is 11. The molecule has 0 aliphatic heterocycles. The minimum Gasteiger partial charge on any atom is -1.00 e. The predicted molar refractivity (Wildman–Crippen MR) is 271 cm³/mol. The number of ether oxygens (including phenoxy) is 2. The van der Waals surface area contributed by atoms with Gasteiger partial charge in [-0.2, -0.15) is 0 Å². The third kappa shape index (κ3) is 19.3. The molecule has 65 heavy (non-hydrogen) atoms. The molecule has 3 aromatic heterocycles. The number of fused-ring (bicyclic) bond motifs is 3. The number of allylic oxidation sites excluding steroid dienone is 3. The first-order valence-electron chi connectivity index (χ1n) is 18.2.